The normalized spacial score (nSPS) is 15.0. The number of fused-ring (bicyclic) bond motifs is 3. The fraction of sp³-hybridized carbons (Fsp3) is 0.200. The van der Waals surface area contributed by atoms with Gasteiger partial charge in [-0.25, -0.2) is 0 Å². The molecule has 0 aliphatic carbocycles. The molecule has 5 heterocycles. The molecular formula is C20H14N2O4S2. The van der Waals surface area contributed by atoms with Crippen molar-refractivity contribution in [1.29, 1.82) is 0 Å². The van der Waals surface area contributed by atoms with Gasteiger partial charge in [0, 0.05) is 34.3 Å². The molecule has 2 aliphatic rings. The maximum absolute atomic E-state index is 5.88. The lowest BCUT2D eigenvalue weighted by atomic mass is 10.0. The van der Waals surface area contributed by atoms with Crippen molar-refractivity contribution in [2.75, 3.05) is 26.4 Å². The molecule has 3 aromatic heterocycles. The van der Waals surface area contributed by atoms with Gasteiger partial charge >= 0.3 is 0 Å². The van der Waals surface area contributed by atoms with Gasteiger partial charge in [-0.2, -0.15) is 0 Å². The summed E-state index contributed by atoms with van der Waals surface area (Å²) in [4.78, 5) is 11.3. The van der Waals surface area contributed by atoms with E-state index < -0.39 is 0 Å². The summed E-state index contributed by atoms with van der Waals surface area (Å²) in [6, 6.07) is 4.15. The zero-order valence-corrected chi connectivity index (χ0v) is 16.3. The first kappa shape index (κ1) is 16.1. The average Bonchev–Trinajstić information content (AvgIpc) is 3.37. The lowest BCUT2D eigenvalue weighted by Crippen LogP contribution is -2.14. The summed E-state index contributed by atoms with van der Waals surface area (Å²) in [5.74, 6) is 3.18. The van der Waals surface area contributed by atoms with Crippen LogP contribution in [0.2, 0.25) is 0 Å². The van der Waals surface area contributed by atoms with Crippen LogP contribution in [-0.4, -0.2) is 36.4 Å². The Labute approximate surface area is 168 Å². The minimum Gasteiger partial charge on any atom is -0.485 e. The van der Waals surface area contributed by atoms with Gasteiger partial charge < -0.3 is 18.9 Å². The molecule has 6 nitrogen and oxygen atoms in total. The Kier molecular flexibility index (Phi) is 3.66. The van der Waals surface area contributed by atoms with E-state index in [9.17, 15) is 0 Å². The average molecular weight is 410 g/mol. The van der Waals surface area contributed by atoms with Crippen LogP contribution in [0.5, 0.6) is 23.0 Å². The van der Waals surface area contributed by atoms with Crippen LogP contribution in [0.1, 0.15) is 0 Å². The molecule has 0 radical (unpaired) electrons. The first-order valence-electron chi connectivity index (χ1n) is 8.89. The zero-order chi connectivity index (χ0) is 18.5. The van der Waals surface area contributed by atoms with Crippen molar-refractivity contribution < 1.29 is 18.9 Å². The maximum Gasteiger partial charge on any atom is 0.180 e. The van der Waals surface area contributed by atoms with E-state index in [1.54, 1.807) is 35.1 Å². The van der Waals surface area contributed by atoms with Crippen molar-refractivity contribution in [3.05, 3.63) is 35.3 Å². The number of benzene rings is 1. The van der Waals surface area contributed by atoms with Crippen LogP contribution in [0.15, 0.2) is 35.3 Å². The predicted molar refractivity (Wildman–Crippen MR) is 108 cm³/mol. The smallest absolute Gasteiger partial charge is 0.180 e. The van der Waals surface area contributed by atoms with Crippen molar-refractivity contribution in [3.63, 3.8) is 0 Å². The minimum atomic E-state index is 0.553. The molecular weight excluding hydrogens is 396 g/mol. The molecule has 0 saturated carbocycles. The summed E-state index contributed by atoms with van der Waals surface area (Å²) < 4.78 is 23.2. The van der Waals surface area contributed by atoms with Crippen LogP contribution in [0, 0.1) is 0 Å². The van der Waals surface area contributed by atoms with Gasteiger partial charge in [0.1, 0.15) is 26.4 Å². The molecule has 0 amide bonds. The van der Waals surface area contributed by atoms with Gasteiger partial charge in [-0.1, -0.05) is 12.1 Å². The third-order valence-electron chi connectivity index (χ3n) is 4.72. The van der Waals surface area contributed by atoms with E-state index in [2.05, 4.69) is 22.1 Å². The van der Waals surface area contributed by atoms with Gasteiger partial charge in [-0.15, -0.1) is 22.7 Å². The first-order chi connectivity index (χ1) is 13.9. The van der Waals surface area contributed by atoms with Gasteiger partial charge in [0.05, 0.1) is 20.8 Å². The second kappa shape index (κ2) is 6.35. The maximum atomic E-state index is 5.88. The first-order valence-corrected chi connectivity index (χ1v) is 10.6. The lowest BCUT2D eigenvalue weighted by molar-refractivity contribution is 0.174. The molecule has 0 fully saturated rings. The van der Waals surface area contributed by atoms with Crippen molar-refractivity contribution >= 4 is 33.7 Å². The minimum absolute atomic E-state index is 0.553. The quantitative estimate of drug-likeness (QED) is 0.480. The molecule has 1 aromatic carbocycles. The Morgan fingerprint density at radius 1 is 0.643 bits per heavy atom. The Bertz CT molecular complexity index is 1110. The summed E-state index contributed by atoms with van der Waals surface area (Å²) in [5.41, 5.74) is 3.65. The fourth-order valence-electron chi connectivity index (χ4n) is 3.52. The van der Waals surface area contributed by atoms with Crippen LogP contribution >= 0.6 is 22.7 Å². The number of ether oxygens (including phenoxy) is 4. The fourth-order valence-corrected chi connectivity index (χ4v) is 5.44. The standard InChI is InChI=1S/C20H14N2O4S2/c1-2-12(20-18-14(10-28-20)24-6-8-26-18)16-15(21-3-4-22-16)11(1)19-17-13(9-27-19)23-5-7-25-17/h1-4,9-10H,5-8H2. The van der Waals surface area contributed by atoms with E-state index in [1.807, 2.05) is 10.8 Å². The van der Waals surface area contributed by atoms with Crippen LogP contribution in [0.3, 0.4) is 0 Å². The summed E-state index contributed by atoms with van der Waals surface area (Å²) in [5, 5.41) is 3.97. The summed E-state index contributed by atoms with van der Waals surface area (Å²) in [7, 11) is 0. The molecule has 0 spiro atoms. The number of hydrogen-bond acceptors (Lipinski definition) is 8. The predicted octanol–water partition coefficient (Wildman–Crippen LogP) is 4.63. The van der Waals surface area contributed by atoms with E-state index >= 15 is 0 Å². The van der Waals surface area contributed by atoms with Crippen molar-refractivity contribution in [1.82, 2.24) is 9.97 Å². The zero-order valence-electron chi connectivity index (χ0n) is 14.6. The van der Waals surface area contributed by atoms with Crippen LogP contribution in [0.25, 0.3) is 31.9 Å². The van der Waals surface area contributed by atoms with Crippen LogP contribution < -0.4 is 18.9 Å². The molecule has 0 unspecified atom stereocenters. The monoisotopic (exact) mass is 410 g/mol. The second-order valence-electron chi connectivity index (χ2n) is 6.32. The van der Waals surface area contributed by atoms with E-state index in [0.717, 1.165) is 54.9 Å². The van der Waals surface area contributed by atoms with Gasteiger partial charge in [-0.05, 0) is 0 Å². The van der Waals surface area contributed by atoms with Gasteiger partial charge in [0.2, 0.25) is 0 Å². The molecule has 140 valence electrons. The number of nitrogens with zero attached hydrogens (tertiary/aromatic N) is 2. The third-order valence-corrected chi connectivity index (χ3v) is 6.66. The summed E-state index contributed by atoms with van der Waals surface area (Å²) in [6.45, 7) is 2.26. The molecule has 0 atom stereocenters. The van der Waals surface area contributed by atoms with E-state index in [4.69, 9.17) is 18.9 Å². The number of aromatic nitrogens is 2. The summed E-state index contributed by atoms with van der Waals surface area (Å²) >= 11 is 3.20. The van der Waals surface area contributed by atoms with Gasteiger partial charge in [0.15, 0.2) is 23.0 Å². The van der Waals surface area contributed by atoms with E-state index in [0.29, 0.717) is 26.4 Å². The van der Waals surface area contributed by atoms with Crippen molar-refractivity contribution in [2.45, 2.75) is 0 Å². The second-order valence-corrected chi connectivity index (χ2v) is 8.08. The Balaban J connectivity index is 1.56. The number of rotatable bonds is 2. The van der Waals surface area contributed by atoms with Crippen molar-refractivity contribution in [2.24, 2.45) is 0 Å². The van der Waals surface area contributed by atoms with Crippen LogP contribution in [-0.2, 0) is 0 Å². The molecule has 6 rings (SSSR count). The summed E-state index contributed by atoms with van der Waals surface area (Å²) in [6.07, 6.45) is 3.44. The Hall–Kier alpha value is -2.84. The topological polar surface area (TPSA) is 62.7 Å². The highest BCUT2D eigenvalue weighted by Gasteiger charge is 2.25. The van der Waals surface area contributed by atoms with E-state index in [1.165, 1.54) is 0 Å². The van der Waals surface area contributed by atoms with E-state index in [-0.39, 0.29) is 0 Å². The molecule has 4 aromatic rings. The molecule has 0 saturated heterocycles. The highest BCUT2D eigenvalue weighted by Crippen LogP contribution is 2.50. The number of hydrogen-bond donors (Lipinski definition) is 0. The van der Waals surface area contributed by atoms with Gasteiger partial charge in [-0.3, -0.25) is 9.97 Å². The molecule has 2 aliphatic heterocycles. The number of thiophene rings is 2. The highest BCUT2D eigenvalue weighted by atomic mass is 32.1. The van der Waals surface area contributed by atoms with Gasteiger partial charge in [0.25, 0.3) is 0 Å². The largest absolute Gasteiger partial charge is 0.485 e. The Morgan fingerprint density at radius 2 is 1.11 bits per heavy atom. The molecule has 0 N–H and O–H groups in total. The highest BCUT2D eigenvalue weighted by molar-refractivity contribution is 7.15. The van der Waals surface area contributed by atoms with Crippen molar-refractivity contribution in [3.8, 4) is 43.9 Å². The molecule has 28 heavy (non-hydrogen) atoms. The Morgan fingerprint density at radius 3 is 1.61 bits per heavy atom. The molecule has 8 heteroatoms. The SMILES string of the molecule is c1cnc2c(-c3scc4c3OCCO4)ccc(-c3scc4c3OCCO4)c2n1. The molecule has 0 bridgehead atoms. The third kappa shape index (κ3) is 2.38. The lowest BCUT2D eigenvalue weighted by Gasteiger charge is -2.17. The van der Waals surface area contributed by atoms with Crippen LogP contribution in [0.4, 0.5) is 0 Å².